The van der Waals surface area contributed by atoms with Crippen LogP contribution in [0.3, 0.4) is 0 Å². The van der Waals surface area contributed by atoms with E-state index in [-0.39, 0.29) is 11.9 Å². The van der Waals surface area contributed by atoms with Gasteiger partial charge in [-0.1, -0.05) is 55.7 Å². The van der Waals surface area contributed by atoms with Crippen LogP contribution in [-0.2, 0) is 16.0 Å². The van der Waals surface area contributed by atoms with E-state index in [2.05, 4.69) is 0 Å². The first-order chi connectivity index (χ1) is 13.1. The standard InChI is InChI=1S/C22H24N2O3/c23-22(26)24-18-12-6-4-10-16(18)14-20(17-11-5-7-13-19(17)24)27-21(25)15-8-2-1-3-9-15/h4-7,10-13,15,20H,1-3,8-9,14H2,(H2,23,26). The number of esters is 1. The summed E-state index contributed by atoms with van der Waals surface area (Å²) in [5, 5.41) is 0. The summed E-state index contributed by atoms with van der Waals surface area (Å²) in [5.74, 6) is -0.142. The van der Waals surface area contributed by atoms with E-state index in [1.807, 2.05) is 48.5 Å². The SMILES string of the molecule is NC(=O)N1c2ccccc2CC(OC(=O)C2CCCCC2)c2ccccc21. The van der Waals surface area contributed by atoms with Gasteiger partial charge in [-0.3, -0.25) is 9.69 Å². The van der Waals surface area contributed by atoms with Gasteiger partial charge >= 0.3 is 12.0 Å². The maximum absolute atomic E-state index is 12.8. The van der Waals surface area contributed by atoms with E-state index in [1.54, 1.807) is 0 Å². The van der Waals surface area contributed by atoms with E-state index in [9.17, 15) is 9.59 Å². The summed E-state index contributed by atoms with van der Waals surface area (Å²) in [6.07, 6.45) is 5.25. The molecule has 0 saturated heterocycles. The van der Waals surface area contributed by atoms with Crippen molar-refractivity contribution in [3.8, 4) is 0 Å². The van der Waals surface area contributed by atoms with E-state index >= 15 is 0 Å². The lowest BCUT2D eigenvalue weighted by atomic mass is 9.89. The van der Waals surface area contributed by atoms with Gasteiger partial charge in [0.1, 0.15) is 6.10 Å². The Kier molecular flexibility index (Phi) is 4.84. The van der Waals surface area contributed by atoms with E-state index in [0.29, 0.717) is 12.1 Å². The average Bonchev–Trinajstić information content (AvgIpc) is 2.83. The number of benzene rings is 2. The van der Waals surface area contributed by atoms with Crippen LogP contribution in [0.4, 0.5) is 16.2 Å². The number of nitrogens with two attached hydrogens (primary N) is 1. The number of hydrogen-bond donors (Lipinski definition) is 1. The van der Waals surface area contributed by atoms with Gasteiger partial charge in [0, 0.05) is 12.0 Å². The van der Waals surface area contributed by atoms with Crippen molar-refractivity contribution in [2.75, 3.05) is 4.90 Å². The maximum atomic E-state index is 12.8. The first kappa shape index (κ1) is 17.6. The molecule has 2 N–H and O–H groups in total. The summed E-state index contributed by atoms with van der Waals surface area (Å²) in [6.45, 7) is 0. The number of carbonyl (C=O) groups excluding carboxylic acids is 2. The normalized spacial score (nSPS) is 19.6. The topological polar surface area (TPSA) is 72.6 Å². The molecule has 0 aromatic heterocycles. The molecule has 2 aliphatic rings. The fourth-order valence-corrected chi connectivity index (χ4v) is 4.22. The Morgan fingerprint density at radius 1 is 0.926 bits per heavy atom. The van der Waals surface area contributed by atoms with Crippen molar-refractivity contribution in [3.63, 3.8) is 0 Å². The Hall–Kier alpha value is -2.82. The molecule has 2 amide bonds. The Bertz CT molecular complexity index is 858. The molecule has 5 heteroatoms. The van der Waals surface area contributed by atoms with Crippen molar-refractivity contribution in [2.45, 2.75) is 44.6 Å². The lowest BCUT2D eigenvalue weighted by Crippen LogP contribution is -2.32. The molecule has 1 aliphatic carbocycles. The molecule has 1 saturated carbocycles. The Balaban J connectivity index is 1.73. The number of para-hydroxylation sites is 2. The summed E-state index contributed by atoms with van der Waals surface area (Å²) in [7, 11) is 0. The first-order valence-corrected chi connectivity index (χ1v) is 9.62. The van der Waals surface area contributed by atoms with Gasteiger partial charge in [0.25, 0.3) is 0 Å². The molecule has 4 rings (SSSR count). The molecule has 1 unspecified atom stereocenters. The molecule has 1 aliphatic heterocycles. The van der Waals surface area contributed by atoms with Gasteiger partial charge in [0.15, 0.2) is 0 Å². The van der Waals surface area contributed by atoms with Crippen LogP contribution in [0.25, 0.3) is 0 Å². The van der Waals surface area contributed by atoms with Crippen LogP contribution in [0.2, 0.25) is 0 Å². The monoisotopic (exact) mass is 364 g/mol. The number of anilines is 2. The highest BCUT2D eigenvalue weighted by molar-refractivity contribution is 6.00. The van der Waals surface area contributed by atoms with Crippen LogP contribution in [0.1, 0.15) is 49.3 Å². The quantitative estimate of drug-likeness (QED) is 0.790. The third kappa shape index (κ3) is 3.42. The van der Waals surface area contributed by atoms with Crippen LogP contribution in [0.5, 0.6) is 0 Å². The number of hydrogen-bond acceptors (Lipinski definition) is 3. The Labute approximate surface area is 159 Å². The summed E-state index contributed by atoms with van der Waals surface area (Å²) in [5.41, 5.74) is 8.89. The Morgan fingerprint density at radius 2 is 1.59 bits per heavy atom. The number of amides is 2. The van der Waals surface area contributed by atoms with Gasteiger partial charge in [0.2, 0.25) is 0 Å². The summed E-state index contributed by atoms with van der Waals surface area (Å²) < 4.78 is 6.00. The molecule has 1 fully saturated rings. The molecule has 2 aromatic carbocycles. The minimum atomic E-state index is -0.547. The number of nitrogens with zero attached hydrogens (tertiary/aromatic N) is 1. The average molecular weight is 364 g/mol. The molecule has 0 radical (unpaired) electrons. The molecular formula is C22H24N2O3. The van der Waals surface area contributed by atoms with Gasteiger partial charge in [-0.2, -0.15) is 0 Å². The second-order valence-electron chi connectivity index (χ2n) is 7.33. The fourth-order valence-electron chi connectivity index (χ4n) is 4.22. The van der Waals surface area contributed by atoms with Crippen LogP contribution in [-0.4, -0.2) is 12.0 Å². The molecule has 1 heterocycles. The third-order valence-electron chi connectivity index (χ3n) is 5.58. The van der Waals surface area contributed by atoms with Gasteiger partial charge in [-0.15, -0.1) is 0 Å². The molecule has 140 valence electrons. The van der Waals surface area contributed by atoms with Gasteiger partial charge in [-0.05, 0) is 30.5 Å². The van der Waals surface area contributed by atoms with Crippen LogP contribution in [0.15, 0.2) is 48.5 Å². The van der Waals surface area contributed by atoms with Gasteiger partial charge in [0.05, 0.1) is 17.3 Å². The van der Waals surface area contributed by atoms with Crippen molar-refractivity contribution < 1.29 is 14.3 Å². The zero-order chi connectivity index (χ0) is 18.8. The largest absolute Gasteiger partial charge is 0.457 e. The summed E-state index contributed by atoms with van der Waals surface area (Å²) in [4.78, 5) is 26.6. The third-order valence-corrected chi connectivity index (χ3v) is 5.58. The zero-order valence-corrected chi connectivity index (χ0v) is 15.3. The smallest absolute Gasteiger partial charge is 0.323 e. The zero-order valence-electron chi connectivity index (χ0n) is 15.3. The van der Waals surface area contributed by atoms with Crippen LogP contribution >= 0.6 is 0 Å². The molecular weight excluding hydrogens is 340 g/mol. The fraction of sp³-hybridized carbons (Fsp3) is 0.364. The molecule has 0 spiro atoms. The van der Waals surface area contributed by atoms with Crippen molar-refractivity contribution >= 4 is 23.4 Å². The predicted molar refractivity (Wildman–Crippen MR) is 104 cm³/mol. The predicted octanol–water partition coefficient (Wildman–Crippen LogP) is 4.62. The van der Waals surface area contributed by atoms with E-state index in [1.165, 1.54) is 11.3 Å². The molecule has 27 heavy (non-hydrogen) atoms. The maximum Gasteiger partial charge on any atom is 0.323 e. The first-order valence-electron chi connectivity index (χ1n) is 9.62. The van der Waals surface area contributed by atoms with Gasteiger partial charge in [-0.25, -0.2) is 4.79 Å². The van der Waals surface area contributed by atoms with E-state index < -0.39 is 12.1 Å². The van der Waals surface area contributed by atoms with Crippen molar-refractivity contribution in [1.82, 2.24) is 0 Å². The second-order valence-corrected chi connectivity index (χ2v) is 7.33. The number of ether oxygens (including phenoxy) is 1. The summed E-state index contributed by atoms with van der Waals surface area (Å²) >= 11 is 0. The van der Waals surface area contributed by atoms with Crippen molar-refractivity contribution in [1.29, 1.82) is 0 Å². The van der Waals surface area contributed by atoms with Gasteiger partial charge < -0.3 is 10.5 Å². The second kappa shape index (κ2) is 7.43. The minimum Gasteiger partial charge on any atom is -0.457 e. The number of carbonyl (C=O) groups is 2. The lowest BCUT2D eigenvalue weighted by molar-refractivity contribution is -0.155. The number of rotatable bonds is 2. The Morgan fingerprint density at radius 3 is 2.33 bits per heavy atom. The summed E-state index contributed by atoms with van der Waals surface area (Å²) in [6, 6.07) is 14.6. The van der Waals surface area contributed by atoms with Crippen molar-refractivity contribution in [2.24, 2.45) is 11.7 Å². The van der Waals surface area contributed by atoms with Crippen LogP contribution < -0.4 is 10.6 Å². The highest BCUT2D eigenvalue weighted by Crippen LogP contribution is 2.42. The number of primary amides is 1. The molecule has 1 atom stereocenters. The molecule has 5 nitrogen and oxygen atoms in total. The highest BCUT2D eigenvalue weighted by Gasteiger charge is 2.33. The lowest BCUT2D eigenvalue weighted by Gasteiger charge is -2.25. The van der Waals surface area contributed by atoms with Crippen molar-refractivity contribution in [3.05, 3.63) is 59.7 Å². The number of fused-ring (bicyclic) bond motifs is 2. The van der Waals surface area contributed by atoms with Crippen LogP contribution in [0, 0.1) is 5.92 Å². The minimum absolute atomic E-state index is 0.0170. The van der Waals surface area contributed by atoms with E-state index in [4.69, 9.17) is 10.5 Å². The van der Waals surface area contributed by atoms with E-state index in [0.717, 1.165) is 42.5 Å². The highest BCUT2D eigenvalue weighted by atomic mass is 16.5. The number of urea groups is 1. The molecule has 0 bridgehead atoms. The molecule has 2 aromatic rings.